The fraction of sp³-hybridized carbons (Fsp3) is 0.708. The molecule has 4 aliphatic rings. The maximum absolute atomic E-state index is 13.1. The second-order valence-corrected chi connectivity index (χ2v) is 11.9. The lowest BCUT2D eigenvalue weighted by molar-refractivity contribution is -0.162. The van der Waals surface area contributed by atoms with Crippen LogP contribution < -0.4 is 0 Å². The molecule has 2 unspecified atom stereocenters. The van der Waals surface area contributed by atoms with Crippen LogP contribution in [0.2, 0.25) is 0 Å². The van der Waals surface area contributed by atoms with E-state index in [2.05, 4.69) is 43.6 Å². The van der Waals surface area contributed by atoms with E-state index in [9.17, 15) is 14.4 Å². The Morgan fingerprint density at radius 1 is 1.33 bits per heavy atom. The molecular weight excluding hydrogens is 468 g/mol. The van der Waals surface area contributed by atoms with E-state index in [1.807, 2.05) is 6.08 Å². The van der Waals surface area contributed by atoms with Crippen LogP contribution in [0.3, 0.4) is 0 Å². The number of Topliss-reactive ketones (excluding diaryl/α,β-unsaturated/α-hetero) is 1. The van der Waals surface area contributed by atoms with Gasteiger partial charge < -0.3 is 4.74 Å². The second kappa shape index (κ2) is 7.03. The molecule has 0 aromatic carbocycles. The lowest BCUT2D eigenvalue weighted by Gasteiger charge is -2.64. The summed E-state index contributed by atoms with van der Waals surface area (Å²) in [4.78, 5) is 36.8. The first-order chi connectivity index (χ1) is 14.0. The molecule has 0 bridgehead atoms. The van der Waals surface area contributed by atoms with Crippen LogP contribution in [0.4, 0.5) is 0 Å². The van der Waals surface area contributed by atoms with Crippen LogP contribution >= 0.6 is 27.5 Å². The third-order valence-corrected chi connectivity index (χ3v) is 11.9. The van der Waals surface area contributed by atoms with E-state index in [1.165, 1.54) is 0 Å². The highest BCUT2D eigenvalue weighted by Crippen LogP contribution is 2.74. The average Bonchev–Trinajstić information content (AvgIpc) is 2.90. The van der Waals surface area contributed by atoms with Crippen molar-refractivity contribution in [1.29, 1.82) is 0 Å². The average molecular weight is 498 g/mol. The van der Waals surface area contributed by atoms with E-state index >= 15 is 0 Å². The van der Waals surface area contributed by atoms with Gasteiger partial charge >= 0.3 is 0 Å². The summed E-state index contributed by atoms with van der Waals surface area (Å²) in [7, 11) is 0. The molecule has 164 valence electrons. The van der Waals surface area contributed by atoms with Crippen molar-refractivity contribution >= 4 is 45.6 Å². The van der Waals surface area contributed by atoms with Gasteiger partial charge in [0.25, 0.3) is 6.47 Å². The van der Waals surface area contributed by atoms with Crippen molar-refractivity contribution in [2.75, 3.05) is 5.88 Å². The fourth-order valence-electron chi connectivity index (χ4n) is 7.68. The summed E-state index contributed by atoms with van der Waals surface area (Å²) in [6.45, 7) is 9.11. The molecule has 3 fully saturated rings. The van der Waals surface area contributed by atoms with Gasteiger partial charge in [-0.3, -0.25) is 14.4 Å². The zero-order valence-corrected chi connectivity index (χ0v) is 20.4. The van der Waals surface area contributed by atoms with Gasteiger partial charge in [-0.15, -0.1) is 11.6 Å². The highest BCUT2D eigenvalue weighted by atomic mass is 79.9. The van der Waals surface area contributed by atoms with Crippen molar-refractivity contribution in [3.05, 3.63) is 23.8 Å². The molecule has 0 saturated heterocycles. The molecule has 0 N–H and O–H groups in total. The maximum atomic E-state index is 13.1. The molecular formula is C24H30BrClO4. The normalized spacial score (nSPS) is 49.5. The van der Waals surface area contributed by atoms with E-state index in [0.29, 0.717) is 18.8 Å². The Bertz CT molecular complexity index is 867. The summed E-state index contributed by atoms with van der Waals surface area (Å²) >= 11 is 10.2. The highest BCUT2D eigenvalue weighted by molar-refractivity contribution is 9.10. The summed E-state index contributed by atoms with van der Waals surface area (Å²) in [6.07, 6.45) is 8.23. The van der Waals surface area contributed by atoms with E-state index in [0.717, 1.165) is 24.8 Å². The Balaban J connectivity index is 1.88. The Labute approximate surface area is 191 Å². The van der Waals surface area contributed by atoms with Crippen LogP contribution in [0.5, 0.6) is 0 Å². The summed E-state index contributed by atoms with van der Waals surface area (Å²) in [5, 5.41) is 0. The number of halogens is 2. The Hall–Kier alpha value is -0.940. The highest BCUT2D eigenvalue weighted by Gasteiger charge is 2.73. The molecule has 0 aliphatic heterocycles. The third-order valence-electron chi connectivity index (χ3n) is 9.71. The molecule has 0 spiro atoms. The van der Waals surface area contributed by atoms with Crippen molar-refractivity contribution in [2.24, 2.45) is 34.0 Å². The van der Waals surface area contributed by atoms with Crippen LogP contribution in [0.25, 0.3) is 0 Å². The summed E-state index contributed by atoms with van der Waals surface area (Å²) < 4.78 is 5.27. The molecule has 0 heterocycles. The lowest BCUT2D eigenvalue weighted by Crippen LogP contribution is -2.67. The number of allylic oxidation sites excluding steroid dienone is 4. The van der Waals surface area contributed by atoms with Crippen molar-refractivity contribution in [3.8, 4) is 0 Å². The SMILES string of the molecule is CC1C[C@H]2[C@@H]3CCC4=CC(=O)C=C[C@]4(C)[C@@]3(Br)C(OC=O)C[C@]2(C)[C@@]1(C)C(=O)CCl. The molecule has 4 aliphatic carbocycles. The summed E-state index contributed by atoms with van der Waals surface area (Å²) in [5.74, 6) is 0.786. The first-order valence-electron chi connectivity index (χ1n) is 10.8. The standard InChI is InChI=1S/C24H30BrClO4/c1-14-9-18-17-6-5-15-10-16(28)7-8-21(15,2)24(17,25)20(30-13-27)11-22(18,3)23(14,4)19(29)12-26/h7-8,10,13-14,17-18,20H,5-6,9,11-12H2,1-4H3/t14?,17-,18-,20?,21-,22-,23+,24-/m0/s1. The van der Waals surface area contributed by atoms with E-state index in [1.54, 1.807) is 12.2 Å². The van der Waals surface area contributed by atoms with Gasteiger partial charge in [0.15, 0.2) is 11.6 Å². The predicted octanol–water partition coefficient (Wildman–Crippen LogP) is 5.02. The maximum Gasteiger partial charge on any atom is 0.293 e. The monoisotopic (exact) mass is 496 g/mol. The number of ether oxygens (including phenoxy) is 1. The molecule has 6 heteroatoms. The van der Waals surface area contributed by atoms with Crippen molar-refractivity contribution in [1.82, 2.24) is 0 Å². The number of fused-ring (bicyclic) bond motifs is 5. The summed E-state index contributed by atoms with van der Waals surface area (Å²) in [6, 6.07) is 0. The van der Waals surface area contributed by atoms with Gasteiger partial charge in [-0.25, -0.2) is 0 Å². The number of ketones is 2. The van der Waals surface area contributed by atoms with Gasteiger partial charge in [0.1, 0.15) is 6.10 Å². The van der Waals surface area contributed by atoms with E-state index < -0.39 is 21.3 Å². The first-order valence-corrected chi connectivity index (χ1v) is 12.1. The zero-order valence-electron chi connectivity index (χ0n) is 18.0. The molecule has 0 radical (unpaired) electrons. The summed E-state index contributed by atoms with van der Waals surface area (Å²) in [5.41, 5.74) is -0.220. The van der Waals surface area contributed by atoms with Gasteiger partial charge in [0.2, 0.25) is 0 Å². The largest absolute Gasteiger partial charge is 0.463 e. The van der Waals surface area contributed by atoms with Gasteiger partial charge in [0.05, 0.1) is 10.2 Å². The number of hydrogen-bond acceptors (Lipinski definition) is 4. The van der Waals surface area contributed by atoms with Crippen molar-refractivity contribution in [2.45, 2.75) is 63.8 Å². The minimum Gasteiger partial charge on any atom is -0.463 e. The van der Waals surface area contributed by atoms with Crippen molar-refractivity contribution in [3.63, 3.8) is 0 Å². The topological polar surface area (TPSA) is 60.4 Å². The van der Waals surface area contributed by atoms with Crippen LogP contribution in [0.1, 0.15) is 53.4 Å². The Kier molecular flexibility index (Phi) is 5.22. The number of alkyl halides is 2. The first kappa shape index (κ1) is 22.3. The molecule has 30 heavy (non-hydrogen) atoms. The number of rotatable bonds is 4. The quantitative estimate of drug-likeness (QED) is 0.404. The Morgan fingerprint density at radius 3 is 2.67 bits per heavy atom. The van der Waals surface area contributed by atoms with Gasteiger partial charge in [0, 0.05) is 10.8 Å². The van der Waals surface area contributed by atoms with Crippen molar-refractivity contribution < 1.29 is 19.1 Å². The number of hydrogen-bond donors (Lipinski definition) is 0. The fourth-order valence-corrected chi connectivity index (χ4v) is 9.16. The van der Waals surface area contributed by atoms with Crippen LogP contribution in [0, 0.1) is 34.0 Å². The van der Waals surface area contributed by atoms with E-state index in [4.69, 9.17) is 16.3 Å². The molecule has 8 atom stereocenters. The molecule has 3 saturated carbocycles. The number of carbonyl (C=O) groups is 3. The minimum atomic E-state index is -0.562. The Morgan fingerprint density at radius 2 is 2.03 bits per heavy atom. The van der Waals surface area contributed by atoms with E-state index in [-0.39, 0.29) is 34.7 Å². The zero-order chi connectivity index (χ0) is 22.1. The molecule has 0 aromatic rings. The minimum absolute atomic E-state index is 0.00191. The van der Waals surface area contributed by atoms with Gasteiger partial charge in [-0.2, -0.15) is 0 Å². The predicted molar refractivity (Wildman–Crippen MR) is 119 cm³/mol. The van der Waals surface area contributed by atoms with Gasteiger partial charge in [-0.05, 0) is 61.0 Å². The third kappa shape index (κ3) is 2.48. The van der Waals surface area contributed by atoms with Crippen LogP contribution in [-0.4, -0.2) is 34.3 Å². The number of carbonyl (C=O) groups excluding carboxylic acids is 3. The van der Waals surface area contributed by atoms with Gasteiger partial charge in [-0.1, -0.05) is 55.3 Å². The van der Waals surface area contributed by atoms with Crippen LogP contribution in [0.15, 0.2) is 23.8 Å². The second-order valence-electron chi connectivity index (χ2n) is 10.4. The van der Waals surface area contributed by atoms with Crippen LogP contribution in [-0.2, 0) is 19.1 Å². The molecule has 4 nitrogen and oxygen atoms in total. The smallest absolute Gasteiger partial charge is 0.293 e. The lowest BCUT2D eigenvalue weighted by atomic mass is 9.44. The molecule has 0 aromatic heterocycles. The molecule has 4 rings (SSSR count). The molecule has 0 amide bonds.